The number of aryl methyl sites for hydroxylation is 1. The molecule has 0 amide bonds. The molecule has 0 spiro atoms. The minimum absolute atomic E-state index is 0.255. The number of hydrogen-bond donors (Lipinski definition) is 1. The summed E-state index contributed by atoms with van der Waals surface area (Å²) in [4.78, 5) is 0. The molecule has 1 aliphatic rings. The van der Waals surface area contributed by atoms with Gasteiger partial charge in [-0.3, -0.25) is 0 Å². The third-order valence-corrected chi connectivity index (χ3v) is 3.33. The van der Waals surface area contributed by atoms with Gasteiger partial charge < -0.3 is 15.2 Å². The summed E-state index contributed by atoms with van der Waals surface area (Å²) in [6, 6.07) is 6.28. The first-order valence-electron chi connectivity index (χ1n) is 6.83. The van der Waals surface area contributed by atoms with Gasteiger partial charge in [0.25, 0.3) is 0 Å². The molecule has 1 fully saturated rings. The second-order valence-corrected chi connectivity index (χ2v) is 4.95. The van der Waals surface area contributed by atoms with Gasteiger partial charge in [0.1, 0.15) is 12.4 Å². The Hall–Kier alpha value is -1.06. The summed E-state index contributed by atoms with van der Waals surface area (Å²) in [7, 11) is 0. The molecule has 1 aromatic carbocycles. The van der Waals surface area contributed by atoms with Crippen LogP contribution in [0.5, 0.6) is 5.75 Å². The largest absolute Gasteiger partial charge is 0.491 e. The van der Waals surface area contributed by atoms with Crippen molar-refractivity contribution in [2.45, 2.75) is 38.7 Å². The molecule has 100 valence electrons. The quantitative estimate of drug-likeness (QED) is 0.871. The van der Waals surface area contributed by atoms with Crippen LogP contribution in [0, 0.1) is 6.92 Å². The molecular formula is C15H23NO2. The van der Waals surface area contributed by atoms with Gasteiger partial charge in [0.05, 0.1) is 6.10 Å². The molecule has 1 aromatic rings. The first-order chi connectivity index (χ1) is 8.79. The summed E-state index contributed by atoms with van der Waals surface area (Å²) in [6.45, 7) is 4.27. The highest BCUT2D eigenvalue weighted by Crippen LogP contribution is 2.22. The molecule has 0 saturated carbocycles. The zero-order chi connectivity index (χ0) is 12.8. The minimum Gasteiger partial charge on any atom is -0.491 e. The molecule has 2 rings (SSSR count). The van der Waals surface area contributed by atoms with Crippen LogP contribution in [0.1, 0.15) is 30.4 Å². The Kier molecular flexibility index (Phi) is 5.02. The molecular weight excluding hydrogens is 226 g/mol. The number of rotatable bonds is 5. The number of nitrogens with two attached hydrogens (primary N) is 1. The summed E-state index contributed by atoms with van der Waals surface area (Å²) in [5, 5.41) is 0. The molecule has 18 heavy (non-hydrogen) atoms. The van der Waals surface area contributed by atoms with Gasteiger partial charge >= 0.3 is 0 Å². The van der Waals surface area contributed by atoms with Gasteiger partial charge in [-0.2, -0.15) is 0 Å². The predicted octanol–water partition coefficient (Wildman–Crippen LogP) is 2.44. The van der Waals surface area contributed by atoms with Crippen molar-refractivity contribution < 1.29 is 9.47 Å². The fourth-order valence-corrected chi connectivity index (χ4v) is 2.32. The van der Waals surface area contributed by atoms with Crippen LogP contribution in [0.2, 0.25) is 0 Å². The normalized spacial score (nSPS) is 19.8. The highest BCUT2D eigenvalue weighted by Gasteiger charge is 2.15. The van der Waals surface area contributed by atoms with Gasteiger partial charge in [0.2, 0.25) is 0 Å². The maximum absolute atomic E-state index is 5.90. The Labute approximate surface area is 109 Å². The molecule has 3 heteroatoms. The average molecular weight is 249 g/mol. The predicted molar refractivity (Wildman–Crippen MR) is 73.0 cm³/mol. The standard InChI is InChI=1S/C15H23NO2/c1-12-5-6-15(13(10-12)7-8-16)18-11-14-4-2-3-9-17-14/h5-6,10,14H,2-4,7-9,11,16H2,1H3. The molecule has 2 N–H and O–H groups in total. The molecule has 0 bridgehead atoms. The van der Waals surface area contributed by atoms with Crippen molar-refractivity contribution in [2.75, 3.05) is 19.8 Å². The van der Waals surface area contributed by atoms with Crippen LogP contribution in [-0.2, 0) is 11.2 Å². The Morgan fingerprint density at radius 1 is 1.39 bits per heavy atom. The highest BCUT2D eigenvalue weighted by molar-refractivity contribution is 5.37. The van der Waals surface area contributed by atoms with E-state index in [0.29, 0.717) is 13.2 Å². The number of hydrogen-bond acceptors (Lipinski definition) is 3. The third-order valence-electron chi connectivity index (χ3n) is 3.33. The highest BCUT2D eigenvalue weighted by atomic mass is 16.5. The van der Waals surface area contributed by atoms with Crippen molar-refractivity contribution in [3.8, 4) is 5.75 Å². The fourth-order valence-electron chi connectivity index (χ4n) is 2.32. The topological polar surface area (TPSA) is 44.5 Å². The number of benzene rings is 1. The van der Waals surface area contributed by atoms with E-state index in [1.54, 1.807) is 0 Å². The molecule has 1 unspecified atom stereocenters. The van der Waals surface area contributed by atoms with E-state index in [1.165, 1.54) is 24.0 Å². The van der Waals surface area contributed by atoms with E-state index in [-0.39, 0.29) is 6.10 Å². The SMILES string of the molecule is Cc1ccc(OCC2CCCCO2)c(CCN)c1. The maximum Gasteiger partial charge on any atom is 0.122 e. The zero-order valence-corrected chi connectivity index (χ0v) is 11.2. The van der Waals surface area contributed by atoms with Crippen molar-refractivity contribution in [1.29, 1.82) is 0 Å². The Morgan fingerprint density at radius 3 is 3.00 bits per heavy atom. The smallest absolute Gasteiger partial charge is 0.122 e. The molecule has 1 saturated heterocycles. The van der Waals surface area contributed by atoms with Crippen molar-refractivity contribution >= 4 is 0 Å². The molecule has 0 radical (unpaired) electrons. The van der Waals surface area contributed by atoms with Crippen molar-refractivity contribution in [3.63, 3.8) is 0 Å². The molecule has 0 aliphatic carbocycles. The van der Waals surface area contributed by atoms with E-state index in [0.717, 1.165) is 25.2 Å². The molecule has 1 heterocycles. The summed E-state index contributed by atoms with van der Waals surface area (Å²) in [5.41, 5.74) is 8.09. The summed E-state index contributed by atoms with van der Waals surface area (Å²) in [5.74, 6) is 0.959. The summed E-state index contributed by atoms with van der Waals surface area (Å²) in [6.07, 6.45) is 4.66. The lowest BCUT2D eigenvalue weighted by Crippen LogP contribution is -2.26. The second kappa shape index (κ2) is 6.76. The first-order valence-corrected chi connectivity index (χ1v) is 6.83. The lowest BCUT2D eigenvalue weighted by molar-refractivity contribution is -0.0112. The van der Waals surface area contributed by atoms with Crippen molar-refractivity contribution in [2.24, 2.45) is 5.73 Å². The van der Waals surface area contributed by atoms with Gasteiger partial charge in [0, 0.05) is 6.61 Å². The molecule has 1 atom stereocenters. The Balaban J connectivity index is 1.94. The first kappa shape index (κ1) is 13.4. The van der Waals surface area contributed by atoms with Crippen LogP contribution >= 0.6 is 0 Å². The van der Waals surface area contributed by atoms with Crippen LogP contribution in [0.4, 0.5) is 0 Å². The molecule has 0 aromatic heterocycles. The monoisotopic (exact) mass is 249 g/mol. The average Bonchev–Trinajstić information content (AvgIpc) is 2.39. The van der Waals surface area contributed by atoms with E-state index in [4.69, 9.17) is 15.2 Å². The van der Waals surface area contributed by atoms with Gasteiger partial charge in [-0.05, 0) is 50.8 Å². The van der Waals surface area contributed by atoms with Crippen LogP contribution < -0.4 is 10.5 Å². The van der Waals surface area contributed by atoms with E-state index in [2.05, 4.69) is 19.1 Å². The second-order valence-electron chi connectivity index (χ2n) is 4.95. The molecule has 1 aliphatic heterocycles. The van der Waals surface area contributed by atoms with Gasteiger partial charge in [-0.1, -0.05) is 17.7 Å². The van der Waals surface area contributed by atoms with Crippen molar-refractivity contribution in [3.05, 3.63) is 29.3 Å². The van der Waals surface area contributed by atoms with Gasteiger partial charge in [-0.15, -0.1) is 0 Å². The van der Waals surface area contributed by atoms with Crippen LogP contribution in [-0.4, -0.2) is 25.9 Å². The van der Waals surface area contributed by atoms with E-state index < -0.39 is 0 Å². The number of ether oxygens (including phenoxy) is 2. The Morgan fingerprint density at radius 2 is 2.28 bits per heavy atom. The van der Waals surface area contributed by atoms with Crippen LogP contribution in [0.15, 0.2) is 18.2 Å². The van der Waals surface area contributed by atoms with Gasteiger partial charge in [0.15, 0.2) is 0 Å². The molecule has 3 nitrogen and oxygen atoms in total. The fraction of sp³-hybridized carbons (Fsp3) is 0.600. The van der Waals surface area contributed by atoms with E-state index in [1.807, 2.05) is 6.07 Å². The van der Waals surface area contributed by atoms with Crippen LogP contribution in [0.3, 0.4) is 0 Å². The van der Waals surface area contributed by atoms with Crippen LogP contribution in [0.25, 0.3) is 0 Å². The summed E-state index contributed by atoms with van der Waals surface area (Å²) < 4.78 is 11.6. The zero-order valence-electron chi connectivity index (χ0n) is 11.2. The lowest BCUT2D eigenvalue weighted by atomic mass is 10.1. The Bertz CT molecular complexity index is 373. The lowest BCUT2D eigenvalue weighted by Gasteiger charge is -2.23. The van der Waals surface area contributed by atoms with E-state index in [9.17, 15) is 0 Å². The van der Waals surface area contributed by atoms with E-state index >= 15 is 0 Å². The minimum atomic E-state index is 0.255. The van der Waals surface area contributed by atoms with Gasteiger partial charge in [-0.25, -0.2) is 0 Å². The van der Waals surface area contributed by atoms with Crippen molar-refractivity contribution in [1.82, 2.24) is 0 Å². The summed E-state index contributed by atoms with van der Waals surface area (Å²) >= 11 is 0. The third kappa shape index (κ3) is 3.72. The maximum atomic E-state index is 5.90.